The summed E-state index contributed by atoms with van der Waals surface area (Å²) in [7, 11) is 0. The number of nitrogens with zero attached hydrogens (tertiary/aromatic N) is 3. The van der Waals surface area contributed by atoms with Gasteiger partial charge in [-0.3, -0.25) is 4.79 Å². The topological polar surface area (TPSA) is 98.1 Å². The second-order valence-corrected chi connectivity index (χ2v) is 4.48. The fraction of sp³-hybridized carbons (Fsp3) is 0.385. The predicted molar refractivity (Wildman–Crippen MR) is 71.8 cm³/mol. The number of anilines is 1. The Labute approximate surface area is 116 Å². The van der Waals surface area contributed by atoms with E-state index in [1.807, 2.05) is 13.0 Å². The van der Waals surface area contributed by atoms with Gasteiger partial charge in [-0.2, -0.15) is 5.26 Å². The Hall–Kier alpha value is -2.62. The van der Waals surface area contributed by atoms with E-state index in [9.17, 15) is 9.59 Å². The third kappa shape index (κ3) is 3.23. The van der Waals surface area contributed by atoms with Crippen LogP contribution in [0.3, 0.4) is 0 Å². The number of rotatable bonds is 3. The molecule has 0 spiro atoms. The Kier molecular flexibility index (Phi) is 4.15. The van der Waals surface area contributed by atoms with E-state index in [1.54, 1.807) is 11.0 Å². The first-order chi connectivity index (χ1) is 9.62. The molecule has 1 aliphatic heterocycles. The van der Waals surface area contributed by atoms with E-state index in [-0.39, 0.29) is 23.7 Å². The zero-order valence-electron chi connectivity index (χ0n) is 11.1. The highest BCUT2D eigenvalue weighted by atomic mass is 16.2. The highest BCUT2D eigenvalue weighted by molar-refractivity contribution is 5.90. The molecule has 3 amide bonds. The van der Waals surface area contributed by atoms with Gasteiger partial charge in [0.05, 0.1) is 17.9 Å². The molecule has 104 valence electrons. The van der Waals surface area contributed by atoms with Gasteiger partial charge in [-0.15, -0.1) is 0 Å². The summed E-state index contributed by atoms with van der Waals surface area (Å²) in [5.74, 6) is 0.0536. The Balaban J connectivity index is 1.87. The molecule has 1 aromatic rings. The maximum atomic E-state index is 11.8. The zero-order valence-corrected chi connectivity index (χ0v) is 11.1. The summed E-state index contributed by atoms with van der Waals surface area (Å²) in [5, 5.41) is 14.0. The van der Waals surface area contributed by atoms with Gasteiger partial charge in [0.15, 0.2) is 0 Å². The van der Waals surface area contributed by atoms with E-state index < -0.39 is 0 Å². The van der Waals surface area contributed by atoms with E-state index in [0.29, 0.717) is 25.2 Å². The summed E-state index contributed by atoms with van der Waals surface area (Å²) in [6, 6.07) is 4.47. The number of carbonyl (C=O) groups is 2. The molecule has 0 aliphatic carbocycles. The monoisotopic (exact) mass is 273 g/mol. The molecule has 2 N–H and O–H groups in total. The lowest BCUT2D eigenvalue weighted by molar-refractivity contribution is -0.127. The fourth-order valence-electron chi connectivity index (χ4n) is 2.06. The molecule has 0 bridgehead atoms. The first-order valence-electron chi connectivity index (χ1n) is 6.33. The maximum Gasteiger partial charge on any atom is 0.319 e. The zero-order chi connectivity index (χ0) is 14.5. The van der Waals surface area contributed by atoms with Crippen molar-refractivity contribution in [3.8, 4) is 6.07 Å². The predicted octanol–water partition coefficient (Wildman–Crippen LogP) is 0.696. The first kappa shape index (κ1) is 13.8. The van der Waals surface area contributed by atoms with E-state index in [0.717, 1.165) is 0 Å². The van der Waals surface area contributed by atoms with Crippen molar-refractivity contribution in [2.75, 3.05) is 18.4 Å². The molecule has 2 rings (SSSR count). The minimum absolute atomic E-state index is 0.0536. The largest absolute Gasteiger partial charge is 0.341 e. The Morgan fingerprint density at radius 1 is 1.60 bits per heavy atom. The molecule has 20 heavy (non-hydrogen) atoms. The lowest BCUT2D eigenvalue weighted by Crippen LogP contribution is -2.39. The van der Waals surface area contributed by atoms with Crippen molar-refractivity contribution in [3.63, 3.8) is 0 Å². The first-order valence-corrected chi connectivity index (χ1v) is 6.33. The molecule has 1 aromatic heterocycles. The van der Waals surface area contributed by atoms with Gasteiger partial charge in [-0.1, -0.05) is 0 Å². The summed E-state index contributed by atoms with van der Waals surface area (Å²) < 4.78 is 0. The van der Waals surface area contributed by atoms with Crippen molar-refractivity contribution in [1.29, 1.82) is 5.26 Å². The highest BCUT2D eigenvalue weighted by Gasteiger charge is 2.29. The van der Waals surface area contributed by atoms with Crippen molar-refractivity contribution >= 4 is 17.6 Å². The number of hydrogen-bond donors (Lipinski definition) is 2. The Bertz CT molecular complexity index is 549. The van der Waals surface area contributed by atoms with Gasteiger partial charge in [-0.05, 0) is 19.1 Å². The fourth-order valence-corrected chi connectivity index (χ4v) is 2.06. The number of amides is 3. The highest BCUT2D eigenvalue weighted by Crippen LogP contribution is 2.11. The number of urea groups is 1. The van der Waals surface area contributed by atoms with E-state index in [4.69, 9.17) is 5.26 Å². The van der Waals surface area contributed by atoms with Gasteiger partial charge < -0.3 is 15.5 Å². The Morgan fingerprint density at radius 2 is 2.40 bits per heavy atom. The summed E-state index contributed by atoms with van der Waals surface area (Å²) in [6.45, 7) is 3.09. The molecule has 1 aliphatic rings. The SMILES string of the molecule is CCN1CC(NC(=O)Nc2ccc(C#N)nc2)CC1=O. The smallest absolute Gasteiger partial charge is 0.319 e. The third-order valence-corrected chi connectivity index (χ3v) is 3.07. The van der Waals surface area contributed by atoms with Crippen LogP contribution >= 0.6 is 0 Å². The van der Waals surface area contributed by atoms with Crippen molar-refractivity contribution in [1.82, 2.24) is 15.2 Å². The van der Waals surface area contributed by atoms with E-state index >= 15 is 0 Å². The molecule has 7 nitrogen and oxygen atoms in total. The number of likely N-dealkylation sites (tertiary alicyclic amines) is 1. The van der Waals surface area contributed by atoms with Crippen LogP contribution in [-0.4, -0.2) is 41.0 Å². The van der Waals surface area contributed by atoms with Crippen molar-refractivity contribution in [3.05, 3.63) is 24.0 Å². The molecule has 2 heterocycles. The number of hydrogen-bond acceptors (Lipinski definition) is 4. The van der Waals surface area contributed by atoms with Gasteiger partial charge in [0.25, 0.3) is 0 Å². The maximum absolute atomic E-state index is 11.8. The second kappa shape index (κ2) is 6.02. The average molecular weight is 273 g/mol. The average Bonchev–Trinajstić information content (AvgIpc) is 2.79. The lowest BCUT2D eigenvalue weighted by Gasteiger charge is -2.15. The second-order valence-electron chi connectivity index (χ2n) is 4.48. The molecule has 0 radical (unpaired) electrons. The number of pyridine rings is 1. The van der Waals surface area contributed by atoms with Crippen LogP contribution in [0.1, 0.15) is 19.0 Å². The van der Waals surface area contributed by atoms with Gasteiger partial charge >= 0.3 is 6.03 Å². The van der Waals surface area contributed by atoms with E-state index in [1.165, 1.54) is 12.3 Å². The third-order valence-electron chi connectivity index (χ3n) is 3.07. The minimum atomic E-state index is -0.382. The van der Waals surface area contributed by atoms with Gasteiger partial charge in [0, 0.05) is 19.5 Å². The lowest BCUT2D eigenvalue weighted by atomic mass is 10.2. The van der Waals surface area contributed by atoms with Crippen LogP contribution in [0.15, 0.2) is 18.3 Å². The van der Waals surface area contributed by atoms with Crippen LogP contribution in [-0.2, 0) is 4.79 Å². The molecule has 7 heteroatoms. The number of carbonyl (C=O) groups excluding carboxylic acids is 2. The normalized spacial score (nSPS) is 17.7. The van der Waals surface area contributed by atoms with E-state index in [2.05, 4.69) is 15.6 Å². The molecule has 1 unspecified atom stereocenters. The van der Waals surface area contributed by atoms with Crippen molar-refractivity contribution in [2.45, 2.75) is 19.4 Å². The molecular weight excluding hydrogens is 258 g/mol. The van der Waals surface area contributed by atoms with Crippen LogP contribution in [0, 0.1) is 11.3 Å². The van der Waals surface area contributed by atoms with Gasteiger partial charge in [-0.25, -0.2) is 9.78 Å². The van der Waals surface area contributed by atoms with Crippen LogP contribution in [0.5, 0.6) is 0 Å². The van der Waals surface area contributed by atoms with Gasteiger partial charge in [0.1, 0.15) is 11.8 Å². The molecule has 1 atom stereocenters. The Morgan fingerprint density at radius 3 is 2.95 bits per heavy atom. The molecule has 0 saturated carbocycles. The summed E-state index contributed by atoms with van der Waals surface area (Å²) in [6.07, 6.45) is 1.74. The number of nitriles is 1. The summed E-state index contributed by atoms with van der Waals surface area (Å²) in [5.41, 5.74) is 0.786. The summed E-state index contributed by atoms with van der Waals surface area (Å²) in [4.78, 5) is 28.9. The molecule has 1 saturated heterocycles. The molecule has 1 fully saturated rings. The molecular formula is C13H15N5O2. The number of likely N-dealkylation sites (N-methyl/N-ethyl adjacent to an activating group) is 1. The van der Waals surface area contributed by atoms with Crippen molar-refractivity contribution < 1.29 is 9.59 Å². The van der Waals surface area contributed by atoms with Crippen LogP contribution < -0.4 is 10.6 Å². The van der Waals surface area contributed by atoms with Crippen LogP contribution in [0.4, 0.5) is 10.5 Å². The minimum Gasteiger partial charge on any atom is -0.341 e. The van der Waals surface area contributed by atoms with Crippen LogP contribution in [0.25, 0.3) is 0 Å². The quantitative estimate of drug-likeness (QED) is 0.846. The molecule has 0 aromatic carbocycles. The van der Waals surface area contributed by atoms with Crippen LogP contribution in [0.2, 0.25) is 0 Å². The van der Waals surface area contributed by atoms with Gasteiger partial charge in [0.2, 0.25) is 5.91 Å². The standard InChI is InChI=1S/C13H15N5O2/c1-2-18-8-11(5-12(18)19)17-13(20)16-10-4-3-9(6-14)15-7-10/h3-4,7,11H,2,5,8H2,1H3,(H2,16,17,20). The number of aromatic nitrogens is 1. The van der Waals surface area contributed by atoms with Crippen molar-refractivity contribution in [2.24, 2.45) is 0 Å². The summed E-state index contributed by atoms with van der Waals surface area (Å²) >= 11 is 0. The number of nitrogens with one attached hydrogen (secondary N) is 2.